The summed E-state index contributed by atoms with van der Waals surface area (Å²) in [7, 11) is 1.68. The topological polar surface area (TPSA) is 66.6 Å². The van der Waals surface area contributed by atoms with Crippen LogP contribution in [0.5, 0.6) is 5.75 Å². The van der Waals surface area contributed by atoms with Gasteiger partial charge in [-0.05, 0) is 84.5 Å². The van der Waals surface area contributed by atoms with E-state index < -0.39 is 0 Å². The molecule has 0 saturated heterocycles. The molecule has 0 aliphatic carbocycles. The average Bonchev–Trinajstić information content (AvgIpc) is 3.59. The zero-order chi connectivity index (χ0) is 21.5. The Balaban J connectivity index is 0.00000114. The monoisotopic (exact) mass is 577 g/mol. The summed E-state index contributed by atoms with van der Waals surface area (Å²) in [6.07, 6.45) is 6.17. The molecule has 1 aromatic carbocycles. The van der Waals surface area contributed by atoms with E-state index in [0.29, 0.717) is 0 Å². The third-order valence-corrected chi connectivity index (χ3v) is 5.57. The van der Waals surface area contributed by atoms with Crippen molar-refractivity contribution in [2.75, 3.05) is 7.11 Å². The number of benzene rings is 1. The van der Waals surface area contributed by atoms with E-state index in [0.717, 1.165) is 61.7 Å². The van der Waals surface area contributed by atoms with Crippen LogP contribution in [0.25, 0.3) is 45.9 Å². The van der Waals surface area contributed by atoms with E-state index in [1.54, 1.807) is 7.11 Å². The van der Waals surface area contributed by atoms with Crippen molar-refractivity contribution in [1.82, 2.24) is 19.9 Å². The van der Waals surface area contributed by atoms with E-state index in [2.05, 4.69) is 64.6 Å². The number of nitrogens with one attached hydrogen (secondary N) is 2. The van der Waals surface area contributed by atoms with E-state index in [1.807, 2.05) is 36.4 Å². The van der Waals surface area contributed by atoms with Gasteiger partial charge >= 0.3 is 17.1 Å². The molecule has 0 atom stereocenters. The van der Waals surface area contributed by atoms with Crippen molar-refractivity contribution in [1.29, 1.82) is 0 Å². The summed E-state index contributed by atoms with van der Waals surface area (Å²) in [5.41, 5.74) is 9.80. The number of halogens is 3. The van der Waals surface area contributed by atoms with E-state index in [4.69, 9.17) is 14.7 Å². The van der Waals surface area contributed by atoms with E-state index in [-0.39, 0.29) is 54.3 Å². The number of nitrogens with zero attached hydrogens (tertiary/aromatic N) is 2. The van der Waals surface area contributed by atoms with Crippen LogP contribution in [0.1, 0.15) is 28.3 Å². The van der Waals surface area contributed by atoms with Gasteiger partial charge < -0.3 is 51.9 Å². The van der Waals surface area contributed by atoms with Gasteiger partial charge in [0.1, 0.15) is 5.75 Å². The van der Waals surface area contributed by atoms with Crippen molar-refractivity contribution in [3.05, 3.63) is 101 Å². The van der Waals surface area contributed by atoms with Gasteiger partial charge in [-0.2, -0.15) is 0 Å². The Morgan fingerprint density at radius 1 is 0.611 bits per heavy atom. The third-order valence-electron chi connectivity index (χ3n) is 5.57. The van der Waals surface area contributed by atoms with Crippen molar-refractivity contribution in [2.45, 2.75) is 0 Å². The van der Waals surface area contributed by atoms with Crippen LogP contribution in [0.3, 0.4) is 0 Å². The summed E-state index contributed by atoms with van der Waals surface area (Å²) < 4.78 is 5.32. The van der Waals surface area contributed by atoms with Gasteiger partial charge in [0.05, 0.1) is 29.9 Å². The Morgan fingerprint density at radius 2 is 1.11 bits per heavy atom. The van der Waals surface area contributed by atoms with Crippen LogP contribution in [-0.4, -0.2) is 27.0 Å². The predicted molar refractivity (Wildman–Crippen MR) is 130 cm³/mol. The maximum atomic E-state index is 5.32. The SMILES string of the molecule is COc1ccc(C2=Cc3cc4ccc(cc5nc(cc6ccc(cc2n3)[nH]6)C=C5)[nH]4)cc1.[Cl-].[Cl-].[Cl-].[Fe+3]. The second-order valence-corrected chi connectivity index (χ2v) is 7.82. The van der Waals surface area contributed by atoms with Crippen LogP contribution >= 0.6 is 0 Å². The first-order chi connectivity index (χ1) is 15.7. The second-order valence-electron chi connectivity index (χ2n) is 7.82. The number of rotatable bonds is 2. The Labute approximate surface area is 237 Å². The number of hydrogen-bond acceptors (Lipinski definition) is 3. The molecular formula is C27H20Cl3FeN4O. The van der Waals surface area contributed by atoms with Crippen LogP contribution < -0.4 is 42.0 Å². The van der Waals surface area contributed by atoms with Gasteiger partial charge in [-0.1, -0.05) is 12.1 Å². The van der Waals surface area contributed by atoms with E-state index >= 15 is 0 Å². The standard InChI is InChI=1S/C27H20N4O.3ClH.Fe/c1-32-25-10-2-17(3-11-25)26-15-24-14-22-7-6-20(29-22)12-18-4-5-19(28-18)13-21-8-9-23(30-21)16-27(26)31-24;;;;/h2-16,29-30H,1H3;3*1H;/q;;;;+3/p-3. The van der Waals surface area contributed by atoms with Gasteiger partial charge in [-0.25, -0.2) is 9.97 Å². The molecule has 2 N–H and O–H groups in total. The molecule has 8 bridgehead atoms. The maximum absolute atomic E-state index is 5.32. The maximum Gasteiger partial charge on any atom is 3.00 e. The first-order valence-corrected chi connectivity index (χ1v) is 10.4. The van der Waals surface area contributed by atoms with Crippen molar-refractivity contribution in [2.24, 2.45) is 0 Å². The largest absolute Gasteiger partial charge is 3.00 e. The number of fused-ring (bicyclic) bond motifs is 8. The number of ether oxygens (including phenoxy) is 1. The molecule has 1 radical (unpaired) electrons. The predicted octanol–water partition coefficient (Wildman–Crippen LogP) is -2.91. The summed E-state index contributed by atoms with van der Waals surface area (Å²) in [5, 5.41) is 0. The second kappa shape index (κ2) is 12.3. The van der Waals surface area contributed by atoms with Gasteiger partial charge in [0.15, 0.2) is 0 Å². The molecule has 5 heterocycles. The van der Waals surface area contributed by atoms with E-state index in [9.17, 15) is 0 Å². The van der Waals surface area contributed by atoms with Gasteiger partial charge in [-0.15, -0.1) is 0 Å². The Hall–Kier alpha value is -2.99. The first-order valence-electron chi connectivity index (χ1n) is 10.4. The Kier molecular flexibility index (Phi) is 10.00. The van der Waals surface area contributed by atoms with Crippen molar-refractivity contribution < 1.29 is 59.0 Å². The number of methoxy groups -OCH3 is 1. The molecule has 36 heavy (non-hydrogen) atoms. The molecule has 0 fully saturated rings. The summed E-state index contributed by atoms with van der Waals surface area (Å²) in [4.78, 5) is 16.5. The van der Waals surface area contributed by atoms with Gasteiger partial charge in [0.25, 0.3) is 0 Å². The molecule has 0 amide bonds. The number of hydrogen-bond donors (Lipinski definition) is 2. The number of aromatic amines is 2. The fraction of sp³-hybridized carbons (Fsp3) is 0.0370. The van der Waals surface area contributed by atoms with Crippen LogP contribution in [0, 0.1) is 0 Å². The fourth-order valence-corrected chi connectivity index (χ4v) is 4.02. The molecule has 5 nitrogen and oxygen atoms in total. The summed E-state index contributed by atoms with van der Waals surface area (Å²) in [5.74, 6) is 0.833. The smallest absolute Gasteiger partial charge is 1.00 e. The quantitative estimate of drug-likeness (QED) is 0.217. The molecule has 0 spiro atoms. The molecule has 0 unspecified atom stereocenters. The summed E-state index contributed by atoms with van der Waals surface area (Å²) in [6, 6.07) is 24.5. The fourth-order valence-electron chi connectivity index (χ4n) is 4.02. The molecule has 6 rings (SSSR count). The zero-order valence-electron chi connectivity index (χ0n) is 19.0. The average molecular weight is 579 g/mol. The molecular weight excluding hydrogens is 559 g/mol. The molecule has 2 aliphatic rings. The van der Waals surface area contributed by atoms with Crippen molar-refractivity contribution in [3.8, 4) is 5.75 Å². The van der Waals surface area contributed by atoms with Crippen LogP contribution in [0.2, 0.25) is 0 Å². The van der Waals surface area contributed by atoms with Crippen molar-refractivity contribution >= 4 is 45.9 Å². The van der Waals surface area contributed by atoms with Gasteiger partial charge in [0, 0.05) is 27.6 Å². The van der Waals surface area contributed by atoms with Crippen LogP contribution in [0.4, 0.5) is 0 Å². The number of aromatic nitrogens is 4. The Morgan fingerprint density at radius 3 is 1.64 bits per heavy atom. The molecule has 3 aromatic heterocycles. The molecule has 9 heteroatoms. The van der Waals surface area contributed by atoms with Crippen LogP contribution in [0.15, 0.2) is 72.8 Å². The normalized spacial score (nSPS) is 11.2. The molecule has 2 aliphatic heterocycles. The van der Waals surface area contributed by atoms with Crippen molar-refractivity contribution in [3.63, 3.8) is 0 Å². The zero-order valence-corrected chi connectivity index (χ0v) is 22.3. The van der Waals surface area contributed by atoms with Crippen LogP contribution in [-0.2, 0) is 17.1 Å². The number of H-pyrrole nitrogens is 2. The van der Waals surface area contributed by atoms with Gasteiger partial charge in [-0.3, -0.25) is 0 Å². The van der Waals surface area contributed by atoms with Gasteiger partial charge in [0.2, 0.25) is 0 Å². The summed E-state index contributed by atoms with van der Waals surface area (Å²) in [6.45, 7) is 0. The summed E-state index contributed by atoms with van der Waals surface area (Å²) >= 11 is 0. The molecule has 4 aromatic rings. The third kappa shape index (κ3) is 6.04. The minimum Gasteiger partial charge on any atom is -1.00 e. The minimum atomic E-state index is 0. The molecule has 183 valence electrons. The van der Waals surface area contributed by atoms with E-state index in [1.165, 1.54) is 0 Å². The minimum absolute atomic E-state index is 0. The molecule has 0 saturated carbocycles. The Bertz CT molecular complexity index is 1570. The first kappa shape index (κ1) is 29.2.